The van der Waals surface area contributed by atoms with Gasteiger partial charge in [-0.2, -0.15) is 0 Å². The van der Waals surface area contributed by atoms with Crippen LogP contribution in [-0.4, -0.2) is 71.3 Å². The summed E-state index contributed by atoms with van der Waals surface area (Å²) in [6.45, 7) is 8.44. The monoisotopic (exact) mass is 525 g/mol. The molecule has 0 radical (unpaired) electrons. The van der Waals surface area contributed by atoms with Gasteiger partial charge in [0.25, 0.3) is 5.91 Å². The fourth-order valence-electron chi connectivity index (χ4n) is 5.00. The van der Waals surface area contributed by atoms with E-state index >= 15 is 0 Å². The SMILES string of the molecule is CC(C)COC(=O)N1CC(=O)C2C1CCN2C(=O)C(CC(C)C)NC(=O)c1ccc(-c2cccs2)cc1. The number of rotatable bonds is 8. The number of thiophene rings is 1. The Morgan fingerprint density at radius 1 is 1.05 bits per heavy atom. The number of carbonyl (C=O) groups excluding carboxylic acids is 4. The van der Waals surface area contributed by atoms with Crippen LogP contribution in [0.15, 0.2) is 41.8 Å². The smallest absolute Gasteiger partial charge is 0.410 e. The highest BCUT2D eigenvalue weighted by Gasteiger charge is 2.52. The van der Waals surface area contributed by atoms with Crippen LogP contribution < -0.4 is 5.32 Å². The van der Waals surface area contributed by atoms with Crippen LogP contribution in [0.1, 0.15) is 50.9 Å². The molecule has 3 heterocycles. The number of ketones is 1. The largest absolute Gasteiger partial charge is 0.449 e. The molecule has 0 saturated carbocycles. The molecular weight excluding hydrogens is 490 g/mol. The lowest BCUT2D eigenvalue weighted by Gasteiger charge is -2.29. The maximum Gasteiger partial charge on any atom is 0.410 e. The topological polar surface area (TPSA) is 96.0 Å². The summed E-state index contributed by atoms with van der Waals surface area (Å²) in [5, 5.41) is 4.92. The summed E-state index contributed by atoms with van der Waals surface area (Å²) in [7, 11) is 0. The summed E-state index contributed by atoms with van der Waals surface area (Å²) in [5.41, 5.74) is 1.50. The molecule has 198 valence electrons. The van der Waals surface area contributed by atoms with E-state index < -0.39 is 24.2 Å². The number of nitrogens with zero attached hydrogens (tertiary/aromatic N) is 2. The van der Waals surface area contributed by atoms with E-state index in [4.69, 9.17) is 4.74 Å². The number of fused-ring (bicyclic) bond motifs is 1. The first kappa shape index (κ1) is 26.9. The first-order valence-electron chi connectivity index (χ1n) is 12.9. The van der Waals surface area contributed by atoms with Gasteiger partial charge in [-0.25, -0.2) is 4.79 Å². The highest BCUT2D eigenvalue weighted by molar-refractivity contribution is 7.13. The van der Waals surface area contributed by atoms with Gasteiger partial charge in [0.2, 0.25) is 5.91 Å². The number of likely N-dealkylation sites (tertiary alicyclic amines) is 2. The number of hydrogen-bond donors (Lipinski definition) is 1. The number of ether oxygens (including phenoxy) is 1. The van der Waals surface area contributed by atoms with Crippen molar-refractivity contribution in [3.8, 4) is 10.4 Å². The van der Waals surface area contributed by atoms with Crippen LogP contribution in [0.3, 0.4) is 0 Å². The van der Waals surface area contributed by atoms with Crippen molar-refractivity contribution < 1.29 is 23.9 Å². The fourth-order valence-corrected chi connectivity index (χ4v) is 5.73. The maximum absolute atomic E-state index is 13.7. The highest BCUT2D eigenvalue weighted by Crippen LogP contribution is 2.31. The molecule has 8 nitrogen and oxygen atoms in total. The Labute approximate surface area is 222 Å². The van der Waals surface area contributed by atoms with Crippen molar-refractivity contribution >= 4 is 35.0 Å². The molecular formula is C28H35N3O5S. The van der Waals surface area contributed by atoms with Crippen molar-refractivity contribution in [3.05, 3.63) is 47.3 Å². The molecule has 2 aromatic rings. The molecule has 0 spiro atoms. The van der Waals surface area contributed by atoms with Crippen LogP contribution >= 0.6 is 11.3 Å². The highest BCUT2D eigenvalue weighted by atomic mass is 32.1. The number of hydrogen-bond acceptors (Lipinski definition) is 6. The van der Waals surface area contributed by atoms with Crippen LogP contribution in [0.5, 0.6) is 0 Å². The third-order valence-electron chi connectivity index (χ3n) is 6.74. The zero-order chi connectivity index (χ0) is 26.7. The predicted molar refractivity (Wildman–Crippen MR) is 142 cm³/mol. The summed E-state index contributed by atoms with van der Waals surface area (Å²) < 4.78 is 5.35. The molecule has 1 N–H and O–H groups in total. The molecule has 1 aromatic heterocycles. The molecule has 9 heteroatoms. The van der Waals surface area contributed by atoms with Crippen molar-refractivity contribution in [3.63, 3.8) is 0 Å². The van der Waals surface area contributed by atoms with Gasteiger partial charge in [-0.05, 0) is 53.8 Å². The van der Waals surface area contributed by atoms with Crippen LogP contribution in [0.2, 0.25) is 0 Å². The van der Waals surface area contributed by atoms with Crippen molar-refractivity contribution in [1.82, 2.24) is 15.1 Å². The third kappa shape index (κ3) is 6.04. The van der Waals surface area contributed by atoms with Crippen molar-refractivity contribution in [1.29, 1.82) is 0 Å². The normalized spacial score (nSPS) is 19.9. The Morgan fingerprint density at radius 2 is 1.78 bits per heavy atom. The fraction of sp³-hybridized carbons (Fsp3) is 0.500. The van der Waals surface area contributed by atoms with Crippen LogP contribution in [0, 0.1) is 11.8 Å². The van der Waals surface area contributed by atoms with E-state index in [1.807, 2.05) is 57.3 Å². The molecule has 0 bridgehead atoms. The number of amides is 3. The minimum atomic E-state index is -0.766. The standard InChI is InChI=1S/C28H35N3O5S/c1-17(2)14-21(29-26(33)20-9-7-19(8-10-20)24-6-5-13-37-24)27(34)30-12-11-22-25(30)23(32)15-31(22)28(35)36-16-18(3)4/h5-10,13,17-18,21-22,25H,11-12,14-16H2,1-4H3,(H,29,33). The first-order chi connectivity index (χ1) is 17.7. The van der Waals surface area contributed by atoms with Gasteiger partial charge >= 0.3 is 6.09 Å². The van der Waals surface area contributed by atoms with Crippen molar-refractivity contribution in [2.24, 2.45) is 11.8 Å². The Morgan fingerprint density at radius 3 is 2.41 bits per heavy atom. The maximum atomic E-state index is 13.7. The quantitative estimate of drug-likeness (QED) is 0.557. The van der Waals surface area contributed by atoms with E-state index in [0.717, 1.165) is 10.4 Å². The Balaban J connectivity index is 1.45. The second-order valence-electron chi connectivity index (χ2n) is 10.6. The second kappa shape index (κ2) is 11.5. The third-order valence-corrected chi connectivity index (χ3v) is 7.66. The number of nitrogens with one attached hydrogen (secondary N) is 1. The van der Waals surface area contributed by atoms with Gasteiger partial charge in [-0.1, -0.05) is 45.9 Å². The van der Waals surface area contributed by atoms with E-state index in [2.05, 4.69) is 5.32 Å². The zero-order valence-electron chi connectivity index (χ0n) is 21.8. The van der Waals surface area contributed by atoms with Gasteiger partial charge < -0.3 is 15.0 Å². The van der Waals surface area contributed by atoms with Gasteiger partial charge in [0.1, 0.15) is 12.1 Å². The van der Waals surface area contributed by atoms with E-state index in [1.165, 1.54) is 4.90 Å². The summed E-state index contributed by atoms with van der Waals surface area (Å²) >= 11 is 1.63. The minimum absolute atomic E-state index is 0.0617. The molecule has 2 saturated heterocycles. The average Bonchev–Trinajstić information content (AvgIpc) is 3.60. The molecule has 3 unspecified atom stereocenters. The van der Waals surface area contributed by atoms with Crippen LogP contribution in [-0.2, 0) is 14.3 Å². The zero-order valence-corrected chi connectivity index (χ0v) is 22.6. The summed E-state index contributed by atoms with van der Waals surface area (Å²) in [6.07, 6.45) is 0.438. The van der Waals surface area contributed by atoms with Crippen molar-refractivity contribution in [2.75, 3.05) is 19.7 Å². The lowest BCUT2D eigenvalue weighted by atomic mass is 10.0. The number of benzene rings is 1. The summed E-state index contributed by atoms with van der Waals surface area (Å²) in [5.74, 6) is -0.446. The Bertz CT molecular complexity index is 1130. The van der Waals surface area contributed by atoms with Gasteiger partial charge in [0, 0.05) is 17.0 Å². The molecule has 3 amide bonds. The van der Waals surface area contributed by atoms with E-state index in [1.54, 1.807) is 28.4 Å². The molecule has 3 atom stereocenters. The average molecular weight is 526 g/mol. The Hall–Kier alpha value is -3.20. The van der Waals surface area contributed by atoms with E-state index in [0.29, 0.717) is 24.9 Å². The first-order valence-corrected chi connectivity index (χ1v) is 13.7. The molecule has 2 aliphatic heterocycles. The van der Waals surface area contributed by atoms with E-state index in [9.17, 15) is 19.2 Å². The van der Waals surface area contributed by atoms with Gasteiger partial charge in [0.15, 0.2) is 5.78 Å². The number of carbonyl (C=O) groups is 4. The molecule has 1 aromatic carbocycles. The van der Waals surface area contributed by atoms with E-state index in [-0.39, 0.29) is 42.6 Å². The van der Waals surface area contributed by atoms with Crippen LogP contribution in [0.25, 0.3) is 10.4 Å². The predicted octanol–water partition coefficient (Wildman–Crippen LogP) is 4.21. The second-order valence-corrected chi connectivity index (χ2v) is 11.6. The minimum Gasteiger partial charge on any atom is -0.449 e. The lowest BCUT2D eigenvalue weighted by Crippen LogP contribution is -2.53. The van der Waals surface area contributed by atoms with Gasteiger partial charge in [0.05, 0.1) is 19.2 Å². The van der Waals surface area contributed by atoms with Crippen molar-refractivity contribution in [2.45, 2.75) is 58.7 Å². The van der Waals surface area contributed by atoms with Gasteiger partial charge in [-0.3, -0.25) is 19.3 Å². The molecule has 37 heavy (non-hydrogen) atoms. The summed E-state index contributed by atoms with van der Waals surface area (Å²) in [6, 6.07) is 9.46. The van der Waals surface area contributed by atoms with Crippen LogP contribution in [0.4, 0.5) is 4.79 Å². The summed E-state index contributed by atoms with van der Waals surface area (Å²) in [4.78, 5) is 56.4. The molecule has 2 aliphatic rings. The number of Topliss-reactive ketones (excluding diaryl/α,β-unsaturated/α-hetero) is 1. The lowest BCUT2D eigenvalue weighted by molar-refractivity contribution is -0.138. The van der Waals surface area contributed by atoms with Gasteiger partial charge in [-0.15, -0.1) is 11.3 Å². The molecule has 2 fully saturated rings. The molecule has 0 aliphatic carbocycles. The molecule has 4 rings (SSSR count). The Kier molecular flexibility index (Phi) is 8.32.